The second-order valence-corrected chi connectivity index (χ2v) is 12.9. The summed E-state index contributed by atoms with van der Waals surface area (Å²) in [7, 11) is 0. The summed E-state index contributed by atoms with van der Waals surface area (Å²) < 4.78 is 4.86. The standard InChI is InChI=1S/C48H32N2/c1-3-19-35(37-21-5-11-27-43(37)49-45-29-13-7-23-39(45)40-24-8-14-30-46(40)49)33(17-1)34-18-2-4-20-36(34)38-22-6-12-28-44(38)50-47-31-15-9-25-41(47)42-26-10-16-32-48(42)50/h1-32H. The minimum atomic E-state index is 1.17. The molecule has 0 aliphatic rings. The molecule has 0 bridgehead atoms. The van der Waals surface area contributed by atoms with E-state index in [0.29, 0.717) is 0 Å². The van der Waals surface area contributed by atoms with Crippen LogP contribution >= 0.6 is 0 Å². The highest BCUT2D eigenvalue weighted by Crippen LogP contribution is 2.44. The molecule has 0 saturated heterocycles. The smallest absolute Gasteiger partial charge is 0.0541 e. The first-order valence-electron chi connectivity index (χ1n) is 17.2. The van der Waals surface area contributed by atoms with Crippen molar-refractivity contribution < 1.29 is 0 Å². The number of benzene rings is 8. The molecule has 2 heteroatoms. The molecule has 10 rings (SSSR count). The van der Waals surface area contributed by atoms with Gasteiger partial charge in [-0.15, -0.1) is 0 Å². The molecule has 50 heavy (non-hydrogen) atoms. The lowest BCUT2D eigenvalue weighted by Crippen LogP contribution is -1.99. The van der Waals surface area contributed by atoms with Gasteiger partial charge in [-0.2, -0.15) is 0 Å². The molecule has 0 atom stereocenters. The van der Waals surface area contributed by atoms with Crippen molar-refractivity contribution in [3.63, 3.8) is 0 Å². The van der Waals surface area contributed by atoms with Gasteiger partial charge < -0.3 is 9.13 Å². The molecule has 0 radical (unpaired) electrons. The lowest BCUT2D eigenvalue weighted by molar-refractivity contribution is 1.18. The molecule has 0 amide bonds. The number of aromatic nitrogens is 2. The Morgan fingerprint density at radius 2 is 0.420 bits per heavy atom. The first kappa shape index (κ1) is 28.4. The zero-order chi connectivity index (χ0) is 33.0. The van der Waals surface area contributed by atoms with Crippen LogP contribution in [0.25, 0.3) is 88.4 Å². The van der Waals surface area contributed by atoms with Gasteiger partial charge in [-0.25, -0.2) is 0 Å². The van der Waals surface area contributed by atoms with Crippen molar-refractivity contribution in [1.29, 1.82) is 0 Å². The van der Waals surface area contributed by atoms with E-state index >= 15 is 0 Å². The zero-order valence-electron chi connectivity index (χ0n) is 27.4. The lowest BCUT2D eigenvalue weighted by Gasteiger charge is -2.20. The fraction of sp³-hybridized carbons (Fsp3) is 0. The van der Waals surface area contributed by atoms with E-state index in [2.05, 4.69) is 203 Å². The Balaban J connectivity index is 1.21. The minimum absolute atomic E-state index is 1.17. The SMILES string of the molecule is c1ccc(-c2ccccc2-n2c3ccccc3c3ccccc32)c(-c2ccccc2-c2ccccc2-n2c3ccccc3c3ccccc32)c1. The third-order valence-electron chi connectivity index (χ3n) is 10.2. The Bertz CT molecular complexity index is 2580. The lowest BCUT2D eigenvalue weighted by atomic mass is 9.88. The molecule has 0 aliphatic heterocycles. The van der Waals surface area contributed by atoms with E-state index in [-0.39, 0.29) is 0 Å². The molecule has 2 aromatic heterocycles. The summed E-state index contributed by atoms with van der Waals surface area (Å²) in [5.74, 6) is 0. The van der Waals surface area contributed by atoms with Gasteiger partial charge in [-0.1, -0.05) is 158 Å². The Morgan fingerprint density at radius 3 is 0.740 bits per heavy atom. The second kappa shape index (κ2) is 11.5. The van der Waals surface area contributed by atoms with E-state index in [1.54, 1.807) is 0 Å². The van der Waals surface area contributed by atoms with Crippen molar-refractivity contribution in [2.75, 3.05) is 0 Å². The summed E-state index contributed by atoms with van der Waals surface area (Å²) in [4.78, 5) is 0. The van der Waals surface area contributed by atoms with E-state index < -0.39 is 0 Å². The van der Waals surface area contributed by atoms with Crippen LogP contribution in [0.15, 0.2) is 194 Å². The Kier molecular flexibility index (Phi) is 6.53. The third-order valence-corrected chi connectivity index (χ3v) is 10.2. The highest BCUT2D eigenvalue weighted by atomic mass is 15.0. The van der Waals surface area contributed by atoms with Gasteiger partial charge in [0, 0.05) is 32.7 Å². The molecule has 2 nitrogen and oxygen atoms in total. The number of hydrogen-bond acceptors (Lipinski definition) is 0. The number of fused-ring (bicyclic) bond motifs is 6. The van der Waals surface area contributed by atoms with Gasteiger partial charge in [-0.05, 0) is 58.7 Å². The molecule has 0 N–H and O–H groups in total. The number of para-hydroxylation sites is 6. The maximum atomic E-state index is 2.43. The van der Waals surface area contributed by atoms with E-state index in [9.17, 15) is 0 Å². The fourth-order valence-corrected chi connectivity index (χ4v) is 8.06. The molecule has 0 unspecified atom stereocenters. The molecule has 8 aromatic carbocycles. The highest BCUT2D eigenvalue weighted by Gasteiger charge is 2.20. The quantitative estimate of drug-likeness (QED) is 0.178. The van der Waals surface area contributed by atoms with E-state index in [1.807, 2.05) is 0 Å². The number of nitrogens with zero attached hydrogens (tertiary/aromatic N) is 2. The Hall–Kier alpha value is -6.64. The predicted octanol–water partition coefficient (Wildman–Crippen LogP) is 12.9. The summed E-state index contributed by atoms with van der Waals surface area (Å²) in [6.45, 7) is 0. The van der Waals surface area contributed by atoms with Crippen molar-refractivity contribution >= 4 is 43.6 Å². The summed E-state index contributed by atoms with van der Waals surface area (Å²) in [5.41, 5.74) is 14.4. The minimum Gasteiger partial charge on any atom is -0.309 e. The number of rotatable bonds is 5. The average molecular weight is 637 g/mol. The molecule has 0 fully saturated rings. The molecule has 0 aliphatic carbocycles. The molecule has 234 valence electrons. The molecular formula is C48H32N2. The average Bonchev–Trinajstić information content (AvgIpc) is 3.71. The predicted molar refractivity (Wildman–Crippen MR) is 211 cm³/mol. The van der Waals surface area contributed by atoms with Gasteiger partial charge in [0.15, 0.2) is 0 Å². The topological polar surface area (TPSA) is 9.86 Å². The first-order chi connectivity index (χ1) is 24.9. The van der Waals surface area contributed by atoms with Crippen LogP contribution in [0.2, 0.25) is 0 Å². The first-order valence-corrected chi connectivity index (χ1v) is 17.2. The van der Waals surface area contributed by atoms with Crippen molar-refractivity contribution in [3.05, 3.63) is 194 Å². The van der Waals surface area contributed by atoms with Crippen LogP contribution in [-0.2, 0) is 0 Å². The molecule has 0 saturated carbocycles. The van der Waals surface area contributed by atoms with Gasteiger partial charge in [-0.3, -0.25) is 0 Å². The van der Waals surface area contributed by atoms with E-state index in [1.165, 1.54) is 88.4 Å². The maximum Gasteiger partial charge on any atom is 0.0541 e. The van der Waals surface area contributed by atoms with Crippen LogP contribution in [0, 0.1) is 0 Å². The van der Waals surface area contributed by atoms with Gasteiger partial charge >= 0.3 is 0 Å². The van der Waals surface area contributed by atoms with E-state index in [0.717, 1.165) is 0 Å². The molecular weight excluding hydrogens is 605 g/mol. The van der Waals surface area contributed by atoms with Crippen molar-refractivity contribution in [2.24, 2.45) is 0 Å². The molecule has 10 aromatic rings. The van der Waals surface area contributed by atoms with E-state index in [4.69, 9.17) is 0 Å². The summed E-state index contributed by atoms with van der Waals surface area (Å²) in [5, 5.41) is 5.05. The van der Waals surface area contributed by atoms with Crippen LogP contribution in [-0.4, -0.2) is 9.13 Å². The van der Waals surface area contributed by atoms with Gasteiger partial charge in [0.05, 0.1) is 33.4 Å². The van der Waals surface area contributed by atoms with Crippen LogP contribution in [0.4, 0.5) is 0 Å². The molecule has 2 heterocycles. The van der Waals surface area contributed by atoms with Crippen LogP contribution in [0.5, 0.6) is 0 Å². The fourth-order valence-electron chi connectivity index (χ4n) is 8.06. The summed E-state index contributed by atoms with van der Waals surface area (Å²) in [6.07, 6.45) is 0. The highest BCUT2D eigenvalue weighted by molar-refractivity contribution is 6.11. The van der Waals surface area contributed by atoms with Gasteiger partial charge in [0.25, 0.3) is 0 Å². The van der Waals surface area contributed by atoms with Crippen LogP contribution in [0.1, 0.15) is 0 Å². The zero-order valence-corrected chi connectivity index (χ0v) is 27.4. The Morgan fingerprint density at radius 1 is 0.200 bits per heavy atom. The van der Waals surface area contributed by atoms with Crippen LogP contribution in [0.3, 0.4) is 0 Å². The third kappa shape index (κ3) is 4.29. The monoisotopic (exact) mass is 636 g/mol. The summed E-state index contributed by atoms with van der Waals surface area (Å²) in [6, 6.07) is 70.4. The van der Waals surface area contributed by atoms with Crippen molar-refractivity contribution in [3.8, 4) is 44.8 Å². The second-order valence-electron chi connectivity index (χ2n) is 12.9. The van der Waals surface area contributed by atoms with Gasteiger partial charge in [0.2, 0.25) is 0 Å². The largest absolute Gasteiger partial charge is 0.309 e. The normalized spacial score (nSPS) is 11.6. The van der Waals surface area contributed by atoms with Gasteiger partial charge in [0.1, 0.15) is 0 Å². The summed E-state index contributed by atoms with van der Waals surface area (Å²) >= 11 is 0. The van der Waals surface area contributed by atoms with Crippen molar-refractivity contribution in [1.82, 2.24) is 9.13 Å². The maximum absolute atomic E-state index is 2.43. The van der Waals surface area contributed by atoms with Crippen molar-refractivity contribution in [2.45, 2.75) is 0 Å². The molecule has 0 spiro atoms. The number of hydrogen-bond donors (Lipinski definition) is 0. The van der Waals surface area contributed by atoms with Crippen LogP contribution < -0.4 is 0 Å². The Labute approximate surface area is 290 Å².